The normalized spacial score (nSPS) is 16.6. The molecular weight excluding hydrogens is 405 g/mol. The third-order valence-corrected chi connectivity index (χ3v) is 5.63. The van der Waals surface area contributed by atoms with Crippen molar-refractivity contribution in [2.75, 3.05) is 6.54 Å². The highest BCUT2D eigenvalue weighted by Crippen LogP contribution is 2.43. The number of hydrogen-bond acceptors (Lipinski definition) is 2. The SMILES string of the molecule is O=C1C(O)=C(c2ccc(Cl)cc2)[C@@H](c2ccc(Cl)cc2)N1CCc1ccccc1. The summed E-state index contributed by atoms with van der Waals surface area (Å²) in [6, 6.07) is 24.1. The first-order chi connectivity index (χ1) is 14.0. The number of aliphatic hydroxyl groups excluding tert-OH is 1. The van der Waals surface area contributed by atoms with Gasteiger partial charge in [0.25, 0.3) is 5.91 Å². The molecule has 1 N–H and O–H groups in total. The largest absolute Gasteiger partial charge is 0.503 e. The zero-order valence-corrected chi connectivity index (χ0v) is 17.1. The average Bonchev–Trinajstić information content (AvgIpc) is 2.99. The van der Waals surface area contributed by atoms with Gasteiger partial charge in [0.2, 0.25) is 0 Å². The molecule has 1 amide bonds. The standard InChI is InChI=1S/C24H19Cl2NO2/c25-19-10-6-17(7-11-19)21-22(18-8-12-20(26)13-9-18)27(24(29)23(21)28)15-14-16-4-2-1-3-5-16/h1-13,22,28H,14-15H2/t22-/m1/s1. The van der Waals surface area contributed by atoms with Gasteiger partial charge in [0.15, 0.2) is 5.76 Å². The monoisotopic (exact) mass is 423 g/mol. The summed E-state index contributed by atoms with van der Waals surface area (Å²) in [5, 5.41) is 12.0. The highest BCUT2D eigenvalue weighted by molar-refractivity contribution is 6.30. The van der Waals surface area contributed by atoms with Gasteiger partial charge in [-0.05, 0) is 47.4 Å². The number of benzene rings is 3. The molecule has 4 rings (SSSR count). The molecule has 0 spiro atoms. The van der Waals surface area contributed by atoms with Crippen molar-refractivity contribution in [3.63, 3.8) is 0 Å². The molecule has 1 aliphatic rings. The molecule has 1 heterocycles. The minimum atomic E-state index is -0.398. The lowest BCUT2D eigenvalue weighted by atomic mass is 9.93. The second-order valence-corrected chi connectivity index (χ2v) is 7.83. The van der Waals surface area contributed by atoms with E-state index in [1.807, 2.05) is 54.6 Å². The van der Waals surface area contributed by atoms with E-state index in [0.717, 1.165) is 16.7 Å². The molecule has 0 unspecified atom stereocenters. The van der Waals surface area contributed by atoms with Crippen LogP contribution in [0.4, 0.5) is 0 Å². The maximum Gasteiger partial charge on any atom is 0.289 e. The Hall–Kier alpha value is -2.75. The van der Waals surface area contributed by atoms with E-state index in [9.17, 15) is 9.90 Å². The van der Waals surface area contributed by atoms with Gasteiger partial charge < -0.3 is 10.0 Å². The predicted octanol–water partition coefficient (Wildman–Crippen LogP) is 6.09. The van der Waals surface area contributed by atoms with Crippen LogP contribution in [0, 0.1) is 0 Å². The van der Waals surface area contributed by atoms with E-state index < -0.39 is 6.04 Å². The Morgan fingerprint density at radius 3 is 2.03 bits per heavy atom. The summed E-state index contributed by atoms with van der Waals surface area (Å²) in [4.78, 5) is 14.7. The second kappa shape index (κ2) is 8.32. The van der Waals surface area contributed by atoms with Crippen LogP contribution >= 0.6 is 23.2 Å². The molecule has 1 aliphatic heterocycles. The van der Waals surface area contributed by atoms with Gasteiger partial charge in [-0.15, -0.1) is 0 Å². The fourth-order valence-electron chi connectivity index (χ4n) is 3.69. The van der Waals surface area contributed by atoms with Gasteiger partial charge in [-0.3, -0.25) is 4.79 Å². The van der Waals surface area contributed by atoms with Crippen LogP contribution in [0.3, 0.4) is 0 Å². The van der Waals surface area contributed by atoms with Crippen molar-refractivity contribution in [1.29, 1.82) is 0 Å². The number of amides is 1. The third-order valence-electron chi connectivity index (χ3n) is 5.13. The van der Waals surface area contributed by atoms with Crippen molar-refractivity contribution in [3.05, 3.63) is 111 Å². The molecular formula is C24H19Cl2NO2. The molecule has 0 fully saturated rings. The fraction of sp³-hybridized carbons (Fsp3) is 0.125. The van der Waals surface area contributed by atoms with Crippen molar-refractivity contribution in [2.24, 2.45) is 0 Å². The Bertz CT molecular complexity index is 1040. The number of hydrogen-bond donors (Lipinski definition) is 1. The second-order valence-electron chi connectivity index (χ2n) is 6.96. The van der Waals surface area contributed by atoms with Crippen LogP contribution in [0.5, 0.6) is 0 Å². The Kier molecular flexibility index (Phi) is 5.61. The summed E-state index contributed by atoms with van der Waals surface area (Å²) in [5.41, 5.74) is 3.38. The quantitative estimate of drug-likeness (QED) is 0.539. The molecule has 5 heteroatoms. The molecule has 1 atom stereocenters. The van der Waals surface area contributed by atoms with Crippen LogP contribution in [0.2, 0.25) is 10.0 Å². The number of halogens is 2. The lowest BCUT2D eigenvalue weighted by Gasteiger charge is -2.27. The van der Waals surface area contributed by atoms with E-state index in [0.29, 0.717) is 28.6 Å². The van der Waals surface area contributed by atoms with Crippen LogP contribution in [0.25, 0.3) is 5.57 Å². The zero-order valence-electron chi connectivity index (χ0n) is 15.6. The summed E-state index contributed by atoms with van der Waals surface area (Å²) in [6.45, 7) is 0.483. The Morgan fingerprint density at radius 2 is 1.41 bits per heavy atom. The highest BCUT2D eigenvalue weighted by Gasteiger charge is 2.40. The van der Waals surface area contributed by atoms with Crippen LogP contribution in [-0.4, -0.2) is 22.5 Å². The van der Waals surface area contributed by atoms with Gasteiger partial charge in [-0.1, -0.05) is 77.8 Å². The molecule has 0 bridgehead atoms. The highest BCUT2D eigenvalue weighted by atomic mass is 35.5. The van der Waals surface area contributed by atoms with Gasteiger partial charge in [-0.2, -0.15) is 0 Å². The first-order valence-electron chi connectivity index (χ1n) is 9.34. The molecule has 3 aromatic carbocycles. The molecule has 0 radical (unpaired) electrons. The van der Waals surface area contributed by atoms with Gasteiger partial charge in [0, 0.05) is 22.2 Å². The minimum absolute atomic E-state index is 0.222. The van der Waals surface area contributed by atoms with Crippen molar-refractivity contribution in [2.45, 2.75) is 12.5 Å². The van der Waals surface area contributed by atoms with Gasteiger partial charge in [0.1, 0.15) is 0 Å². The smallest absolute Gasteiger partial charge is 0.289 e. The topological polar surface area (TPSA) is 40.5 Å². The molecule has 3 aromatic rings. The van der Waals surface area contributed by atoms with Gasteiger partial charge >= 0.3 is 0 Å². The van der Waals surface area contributed by atoms with Crippen molar-refractivity contribution < 1.29 is 9.90 Å². The molecule has 146 valence electrons. The van der Waals surface area contributed by atoms with Crippen molar-refractivity contribution >= 4 is 34.7 Å². The lowest BCUT2D eigenvalue weighted by molar-refractivity contribution is -0.129. The van der Waals surface area contributed by atoms with Crippen LogP contribution in [-0.2, 0) is 11.2 Å². The maximum atomic E-state index is 13.0. The Morgan fingerprint density at radius 1 is 0.828 bits per heavy atom. The summed E-state index contributed by atoms with van der Waals surface area (Å²) in [6.07, 6.45) is 0.692. The zero-order chi connectivity index (χ0) is 20.4. The molecule has 0 aliphatic carbocycles. The van der Waals surface area contributed by atoms with Gasteiger partial charge in [0.05, 0.1) is 6.04 Å². The summed E-state index contributed by atoms with van der Waals surface area (Å²) in [7, 11) is 0. The number of rotatable bonds is 5. The fourth-order valence-corrected chi connectivity index (χ4v) is 3.95. The molecule has 3 nitrogen and oxygen atoms in total. The lowest BCUT2D eigenvalue weighted by Crippen LogP contribution is -2.32. The summed E-state index contributed by atoms with van der Waals surface area (Å²) in [5.74, 6) is -0.592. The Balaban J connectivity index is 1.73. The summed E-state index contributed by atoms with van der Waals surface area (Å²) >= 11 is 12.1. The van der Waals surface area contributed by atoms with E-state index in [-0.39, 0.29) is 11.7 Å². The van der Waals surface area contributed by atoms with Crippen LogP contribution in [0.15, 0.2) is 84.6 Å². The van der Waals surface area contributed by atoms with E-state index >= 15 is 0 Å². The molecule has 0 saturated heterocycles. The number of carbonyl (C=O) groups excluding carboxylic acids is 1. The van der Waals surface area contributed by atoms with Crippen molar-refractivity contribution in [3.8, 4) is 0 Å². The van der Waals surface area contributed by atoms with E-state index in [4.69, 9.17) is 23.2 Å². The molecule has 0 saturated carbocycles. The maximum absolute atomic E-state index is 13.0. The number of carbonyl (C=O) groups is 1. The van der Waals surface area contributed by atoms with E-state index in [1.165, 1.54) is 0 Å². The molecule has 0 aromatic heterocycles. The molecule has 29 heavy (non-hydrogen) atoms. The van der Waals surface area contributed by atoms with Crippen LogP contribution in [0.1, 0.15) is 22.7 Å². The first-order valence-corrected chi connectivity index (χ1v) is 10.1. The van der Waals surface area contributed by atoms with Gasteiger partial charge in [-0.25, -0.2) is 0 Å². The van der Waals surface area contributed by atoms with Crippen molar-refractivity contribution in [1.82, 2.24) is 4.90 Å². The van der Waals surface area contributed by atoms with E-state index in [2.05, 4.69) is 0 Å². The van der Waals surface area contributed by atoms with Crippen LogP contribution < -0.4 is 0 Å². The number of nitrogens with zero attached hydrogens (tertiary/aromatic N) is 1. The summed E-state index contributed by atoms with van der Waals surface area (Å²) < 4.78 is 0. The minimum Gasteiger partial charge on any atom is -0.503 e. The van der Waals surface area contributed by atoms with E-state index in [1.54, 1.807) is 29.2 Å². The number of aliphatic hydroxyl groups is 1. The third kappa shape index (κ3) is 4.02. The Labute approximate surface area is 179 Å². The predicted molar refractivity (Wildman–Crippen MR) is 117 cm³/mol. The average molecular weight is 424 g/mol. The first kappa shape index (κ1) is 19.6.